The lowest BCUT2D eigenvalue weighted by molar-refractivity contribution is -0.0935. The van der Waals surface area contributed by atoms with Crippen molar-refractivity contribution in [3.63, 3.8) is 0 Å². The highest BCUT2D eigenvalue weighted by Gasteiger charge is 2.24. The number of carbonyl (C=O) groups is 1. The highest BCUT2D eigenvalue weighted by molar-refractivity contribution is 5.68. The number of hydrogen-bond acceptors (Lipinski definition) is 3. The van der Waals surface area contributed by atoms with E-state index in [1.807, 2.05) is 84.9 Å². The minimum atomic E-state index is -0.828. The van der Waals surface area contributed by atoms with E-state index in [1.165, 1.54) is 0 Å². The summed E-state index contributed by atoms with van der Waals surface area (Å²) in [6.45, 7) is 2.18. The molecule has 4 heteroatoms. The highest BCUT2D eigenvalue weighted by atomic mass is 16.6. The van der Waals surface area contributed by atoms with Gasteiger partial charge in [-0.15, -0.1) is 5.92 Å². The van der Waals surface area contributed by atoms with Crippen LogP contribution < -0.4 is 0 Å². The molecular weight excluding hydrogens is 386 g/mol. The molecule has 0 aliphatic rings. The second-order valence-electron chi connectivity index (χ2n) is 7.20. The van der Waals surface area contributed by atoms with Crippen LogP contribution in [0.25, 0.3) is 11.1 Å². The van der Waals surface area contributed by atoms with Gasteiger partial charge in [-0.05, 0) is 28.7 Å². The number of rotatable bonds is 7. The van der Waals surface area contributed by atoms with Crippen LogP contribution in [0.5, 0.6) is 0 Å². The molecule has 0 aliphatic carbocycles. The zero-order valence-electron chi connectivity index (χ0n) is 17.7. The molecule has 3 aromatic carbocycles. The van der Waals surface area contributed by atoms with Gasteiger partial charge in [0.25, 0.3) is 0 Å². The Morgan fingerprint density at radius 1 is 0.935 bits per heavy atom. The summed E-state index contributed by atoms with van der Waals surface area (Å²) in [4.78, 5) is 12.5. The minimum absolute atomic E-state index is 0.0830. The SMILES string of the molecule is CCCCC#CC(c1ccc(-c2ccccc2)cc1)N(O)C(=O)OCc1ccccc1. The number of carbonyl (C=O) groups excluding carboxylic acids is 1. The van der Waals surface area contributed by atoms with Gasteiger partial charge in [0, 0.05) is 6.42 Å². The van der Waals surface area contributed by atoms with Crippen molar-refractivity contribution in [3.05, 3.63) is 96.1 Å². The van der Waals surface area contributed by atoms with Gasteiger partial charge in [-0.1, -0.05) is 104 Å². The molecule has 0 saturated heterocycles. The molecule has 3 rings (SSSR count). The molecule has 31 heavy (non-hydrogen) atoms. The third kappa shape index (κ3) is 6.47. The molecule has 3 aromatic rings. The van der Waals surface area contributed by atoms with Gasteiger partial charge in [0.05, 0.1) is 0 Å². The van der Waals surface area contributed by atoms with Crippen molar-refractivity contribution in [1.82, 2.24) is 5.06 Å². The summed E-state index contributed by atoms with van der Waals surface area (Å²) in [7, 11) is 0. The summed E-state index contributed by atoms with van der Waals surface area (Å²) in [5, 5.41) is 11.2. The van der Waals surface area contributed by atoms with Gasteiger partial charge in [0.2, 0.25) is 0 Å². The Morgan fingerprint density at radius 2 is 1.55 bits per heavy atom. The zero-order chi connectivity index (χ0) is 21.9. The smallest absolute Gasteiger partial charge is 0.435 e. The molecule has 158 valence electrons. The maximum atomic E-state index is 12.5. The number of unbranched alkanes of at least 4 members (excludes halogenated alkanes) is 2. The second-order valence-corrected chi connectivity index (χ2v) is 7.20. The molecule has 0 aromatic heterocycles. The van der Waals surface area contributed by atoms with E-state index in [9.17, 15) is 10.0 Å². The van der Waals surface area contributed by atoms with Crippen LogP contribution in [0, 0.1) is 11.8 Å². The molecule has 4 nitrogen and oxygen atoms in total. The molecule has 1 unspecified atom stereocenters. The maximum absolute atomic E-state index is 12.5. The Bertz CT molecular complexity index is 1010. The first-order chi connectivity index (χ1) is 15.2. The summed E-state index contributed by atoms with van der Waals surface area (Å²) in [5.41, 5.74) is 3.73. The van der Waals surface area contributed by atoms with Crippen LogP contribution >= 0.6 is 0 Å². The molecule has 1 amide bonds. The van der Waals surface area contributed by atoms with E-state index in [4.69, 9.17) is 4.74 Å². The minimum Gasteiger partial charge on any atom is -0.443 e. The van der Waals surface area contributed by atoms with Crippen molar-refractivity contribution in [2.45, 2.75) is 38.8 Å². The van der Waals surface area contributed by atoms with E-state index in [2.05, 4.69) is 18.8 Å². The number of benzene rings is 3. The van der Waals surface area contributed by atoms with Crippen LogP contribution in [0.2, 0.25) is 0 Å². The van der Waals surface area contributed by atoms with Crippen molar-refractivity contribution in [2.24, 2.45) is 0 Å². The second kappa shape index (κ2) is 11.6. The van der Waals surface area contributed by atoms with Crippen LogP contribution in [0.15, 0.2) is 84.9 Å². The normalized spacial score (nSPS) is 11.2. The van der Waals surface area contributed by atoms with Gasteiger partial charge in [-0.25, -0.2) is 4.79 Å². The lowest BCUT2D eigenvalue weighted by Crippen LogP contribution is -2.31. The van der Waals surface area contributed by atoms with Crippen LogP contribution in [0.4, 0.5) is 4.79 Å². The summed E-state index contributed by atoms with van der Waals surface area (Å²) < 4.78 is 5.28. The molecule has 0 bridgehead atoms. The fraction of sp³-hybridized carbons (Fsp3) is 0.222. The summed E-state index contributed by atoms with van der Waals surface area (Å²) >= 11 is 0. The lowest BCUT2D eigenvalue weighted by atomic mass is 10.0. The highest BCUT2D eigenvalue weighted by Crippen LogP contribution is 2.25. The predicted octanol–water partition coefficient (Wildman–Crippen LogP) is 6.62. The van der Waals surface area contributed by atoms with Gasteiger partial charge in [0.1, 0.15) is 12.6 Å². The predicted molar refractivity (Wildman–Crippen MR) is 122 cm³/mol. The van der Waals surface area contributed by atoms with Gasteiger partial charge < -0.3 is 4.74 Å². The molecular formula is C27H27NO3. The van der Waals surface area contributed by atoms with E-state index in [1.54, 1.807) is 0 Å². The van der Waals surface area contributed by atoms with Crippen molar-refractivity contribution in [3.8, 4) is 23.0 Å². The maximum Gasteiger partial charge on any atom is 0.435 e. The van der Waals surface area contributed by atoms with Crippen LogP contribution in [0.1, 0.15) is 43.4 Å². The van der Waals surface area contributed by atoms with Gasteiger partial charge in [0.15, 0.2) is 0 Å². The van der Waals surface area contributed by atoms with Crippen molar-refractivity contribution in [2.75, 3.05) is 0 Å². The van der Waals surface area contributed by atoms with Crippen molar-refractivity contribution < 1.29 is 14.7 Å². The van der Waals surface area contributed by atoms with Crippen LogP contribution in [-0.2, 0) is 11.3 Å². The van der Waals surface area contributed by atoms with Gasteiger partial charge >= 0.3 is 6.09 Å². The number of hydrogen-bond donors (Lipinski definition) is 1. The Kier molecular flexibility index (Phi) is 8.28. The molecule has 1 N–H and O–H groups in total. The summed E-state index contributed by atoms with van der Waals surface area (Å²) in [5.74, 6) is 6.12. The lowest BCUT2D eigenvalue weighted by Gasteiger charge is -2.22. The van der Waals surface area contributed by atoms with E-state index >= 15 is 0 Å². The number of amides is 1. The molecule has 0 heterocycles. The third-order valence-corrected chi connectivity index (χ3v) is 4.86. The summed E-state index contributed by atoms with van der Waals surface area (Å²) in [6, 6.07) is 26.3. The Hall–Kier alpha value is -3.55. The average Bonchev–Trinajstić information content (AvgIpc) is 2.83. The molecule has 0 spiro atoms. The standard InChI is InChI=1S/C27H27NO3/c1-2-3-4-11-16-26(28(30)27(29)31-21-22-12-7-5-8-13-22)25-19-17-24(18-20-25)23-14-9-6-10-15-23/h5-10,12-15,17-20,26,30H,2-4,21H2,1H3. The van der Waals surface area contributed by atoms with E-state index in [0.717, 1.165) is 35.1 Å². The van der Waals surface area contributed by atoms with Crippen LogP contribution in [-0.4, -0.2) is 16.4 Å². The first-order valence-electron chi connectivity index (χ1n) is 10.5. The van der Waals surface area contributed by atoms with Gasteiger partial charge in [-0.2, -0.15) is 5.06 Å². The first-order valence-corrected chi connectivity index (χ1v) is 10.5. The third-order valence-electron chi connectivity index (χ3n) is 4.86. The molecule has 0 radical (unpaired) electrons. The number of hydroxylamine groups is 2. The molecule has 0 saturated carbocycles. The van der Waals surface area contributed by atoms with Crippen LogP contribution in [0.3, 0.4) is 0 Å². The average molecular weight is 414 g/mol. The quantitative estimate of drug-likeness (QED) is 0.205. The van der Waals surface area contributed by atoms with E-state index < -0.39 is 12.1 Å². The van der Waals surface area contributed by atoms with E-state index in [0.29, 0.717) is 11.5 Å². The number of ether oxygens (including phenoxy) is 1. The summed E-state index contributed by atoms with van der Waals surface area (Å²) in [6.07, 6.45) is 1.89. The van der Waals surface area contributed by atoms with Crippen molar-refractivity contribution in [1.29, 1.82) is 0 Å². The fourth-order valence-corrected chi connectivity index (χ4v) is 3.10. The monoisotopic (exact) mass is 413 g/mol. The number of nitrogens with zero attached hydrogens (tertiary/aromatic N) is 1. The zero-order valence-corrected chi connectivity index (χ0v) is 17.7. The van der Waals surface area contributed by atoms with Gasteiger partial charge in [-0.3, -0.25) is 5.21 Å². The Morgan fingerprint density at radius 3 is 2.19 bits per heavy atom. The molecule has 1 atom stereocenters. The fourth-order valence-electron chi connectivity index (χ4n) is 3.10. The van der Waals surface area contributed by atoms with Crippen molar-refractivity contribution >= 4 is 6.09 Å². The Labute approximate surface area is 184 Å². The first kappa shape index (κ1) is 22.1. The van der Waals surface area contributed by atoms with E-state index in [-0.39, 0.29) is 6.61 Å². The molecule has 0 aliphatic heterocycles. The topological polar surface area (TPSA) is 49.8 Å². The molecule has 0 fully saturated rings. The Balaban J connectivity index is 1.76. The largest absolute Gasteiger partial charge is 0.443 e.